The summed E-state index contributed by atoms with van der Waals surface area (Å²) in [5, 5.41) is 7.39. The molecule has 6 nitrogen and oxygen atoms in total. The summed E-state index contributed by atoms with van der Waals surface area (Å²) in [6, 6.07) is 17.4. The highest BCUT2D eigenvalue weighted by atomic mass is 127. The maximum absolute atomic E-state index is 5.93. The molecule has 0 aliphatic rings. The van der Waals surface area contributed by atoms with Crippen LogP contribution in [0.1, 0.15) is 5.56 Å². The molecule has 0 aliphatic carbocycles. The minimum absolute atomic E-state index is 0. The number of para-hydroxylation sites is 1. The zero-order valence-corrected chi connectivity index (χ0v) is 16.1. The number of benzene rings is 2. The molecule has 3 aromatic rings. The molecule has 0 radical (unpaired) electrons. The number of anilines is 1. The van der Waals surface area contributed by atoms with Crippen LogP contribution in [0.25, 0.3) is 5.69 Å². The Bertz CT molecular complexity index is 832. The van der Waals surface area contributed by atoms with Gasteiger partial charge in [-0.2, -0.15) is 5.10 Å². The van der Waals surface area contributed by atoms with Gasteiger partial charge in [0.25, 0.3) is 0 Å². The molecule has 0 saturated heterocycles. The molecule has 0 amide bonds. The van der Waals surface area contributed by atoms with Gasteiger partial charge in [0.2, 0.25) is 0 Å². The highest BCUT2D eigenvalue weighted by molar-refractivity contribution is 14.0. The molecule has 1 aromatic heterocycles. The number of ether oxygens (including phenoxy) is 1. The molecule has 0 aliphatic heterocycles. The Kier molecular flexibility index (Phi) is 6.81. The van der Waals surface area contributed by atoms with E-state index in [1.807, 2.05) is 65.5 Å². The molecule has 1 heterocycles. The standard InChI is InChI=1S/C18H19N5O.HI/c1-24-17-9-5-6-15(10-17)22-18(19)20-11-14-12-21-23(13-14)16-7-3-2-4-8-16;/h2-10,12-13H,11H2,1H3,(H3,19,20,22);1H. The van der Waals surface area contributed by atoms with Crippen LogP contribution < -0.4 is 15.8 Å². The third kappa shape index (κ3) is 5.21. The van der Waals surface area contributed by atoms with Crippen LogP contribution in [0, 0.1) is 0 Å². The quantitative estimate of drug-likeness (QED) is 0.356. The van der Waals surface area contributed by atoms with Crippen molar-refractivity contribution in [3.63, 3.8) is 0 Å². The first kappa shape index (κ1) is 18.8. The summed E-state index contributed by atoms with van der Waals surface area (Å²) in [5.74, 6) is 1.10. The number of nitrogens with one attached hydrogen (secondary N) is 1. The Morgan fingerprint density at radius 3 is 2.76 bits per heavy atom. The van der Waals surface area contributed by atoms with Crippen molar-refractivity contribution in [3.05, 3.63) is 72.6 Å². The van der Waals surface area contributed by atoms with Crippen LogP contribution in [0.4, 0.5) is 5.69 Å². The van der Waals surface area contributed by atoms with Crippen LogP contribution in [0.5, 0.6) is 5.75 Å². The topological polar surface area (TPSA) is 77.5 Å². The molecule has 3 N–H and O–H groups in total. The summed E-state index contributed by atoms with van der Waals surface area (Å²) < 4.78 is 6.99. The van der Waals surface area contributed by atoms with Crippen molar-refractivity contribution < 1.29 is 4.74 Å². The molecule has 0 unspecified atom stereocenters. The Balaban J connectivity index is 0.00000225. The summed E-state index contributed by atoms with van der Waals surface area (Å²) in [6.07, 6.45) is 3.73. The Morgan fingerprint density at radius 1 is 1.20 bits per heavy atom. The van der Waals surface area contributed by atoms with Crippen molar-refractivity contribution in [1.29, 1.82) is 0 Å². The van der Waals surface area contributed by atoms with Gasteiger partial charge in [-0.25, -0.2) is 9.67 Å². The van der Waals surface area contributed by atoms with E-state index in [0.717, 1.165) is 22.7 Å². The Morgan fingerprint density at radius 2 is 2.00 bits per heavy atom. The average Bonchev–Trinajstić information content (AvgIpc) is 3.10. The number of rotatable bonds is 5. The van der Waals surface area contributed by atoms with Gasteiger partial charge in [-0.15, -0.1) is 24.0 Å². The summed E-state index contributed by atoms with van der Waals surface area (Å²) >= 11 is 0. The first-order valence-electron chi connectivity index (χ1n) is 7.54. The molecular formula is C18H20IN5O. The van der Waals surface area contributed by atoms with Gasteiger partial charge >= 0.3 is 0 Å². The Labute approximate surface area is 163 Å². The van der Waals surface area contributed by atoms with Gasteiger partial charge in [-0.1, -0.05) is 24.3 Å². The van der Waals surface area contributed by atoms with Gasteiger partial charge in [0.15, 0.2) is 5.96 Å². The smallest absolute Gasteiger partial charge is 0.193 e. The first-order valence-corrected chi connectivity index (χ1v) is 7.54. The number of nitrogens with zero attached hydrogens (tertiary/aromatic N) is 3. The van der Waals surface area contributed by atoms with E-state index < -0.39 is 0 Å². The normalized spacial score (nSPS) is 10.8. The van der Waals surface area contributed by atoms with Gasteiger partial charge in [-0.3, -0.25) is 0 Å². The van der Waals surface area contributed by atoms with Gasteiger partial charge < -0.3 is 15.8 Å². The number of nitrogens with two attached hydrogens (primary N) is 1. The minimum Gasteiger partial charge on any atom is -0.497 e. The molecule has 25 heavy (non-hydrogen) atoms. The fraction of sp³-hybridized carbons (Fsp3) is 0.111. The second-order valence-corrected chi connectivity index (χ2v) is 5.19. The molecule has 7 heteroatoms. The van der Waals surface area contributed by atoms with E-state index in [0.29, 0.717) is 12.5 Å². The monoisotopic (exact) mass is 449 g/mol. The minimum atomic E-state index is 0. The average molecular weight is 449 g/mol. The van der Waals surface area contributed by atoms with Crippen molar-refractivity contribution in [2.75, 3.05) is 12.4 Å². The molecule has 0 spiro atoms. The fourth-order valence-corrected chi connectivity index (χ4v) is 2.23. The van der Waals surface area contributed by atoms with E-state index >= 15 is 0 Å². The van der Waals surface area contributed by atoms with Gasteiger partial charge in [0.1, 0.15) is 5.75 Å². The zero-order chi connectivity index (χ0) is 16.8. The maximum Gasteiger partial charge on any atom is 0.193 e. The third-order valence-electron chi connectivity index (χ3n) is 3.43. The van der Waals surface area contributed by atoms with Crippen LogP contribution in [0.2, 0.25) is 0 Å². The number of aromatic nitrogens is 2. The fourth-order valence-electron chi connectivity index (χ4n) is 2.23. The van der Waals surface area contributed by atoms with E-state index in [4.69, 9.17) is 10.5 Å². The van der Waals surface area contributed by atoms with Gasteiger partial charge in [-0.05, 0) is 24.3 Å². The molecule has 0 fully saturated rings. The number of guanidine groups is 1. The third-order valence-corrected chi connectivity index (χ3v) is 3.43. The SMILES string of the molecule is COc1cccc(NC(N)=NCc2cnn(-c3ccccc3)c2)c1.I. The molecule has 0 bridgehead atoms. The lowest BCUT2D eigenvalue weighted by Gasteiger charge is -2.07. The highest BCUT2D eigenvalue weighted by Gasteiger charge is 2.01. The van der Waals surface area contributed by atoms with Gasteiger partial charge in [0, 0.05) is 23.5 Å². The van der Waals surface area contributed by atoms with Crippen molar-refractivity contribution in [3.8, 4) is 11.4 Å². The number of halogens is 1. The molecule has 3 rings (SSSR count). The number of aliphatic imine (C=N–C) groups is 1. The lowest BCUT2D eigenvalue weighted by Crippen LogP contribution is -2.22. The van der Waals surface area contributed by atoms with E-state index in [9.17, 15) is 0 Å². The van der Waals surface area contributed by atoms with Crippen molar-refractivity contribution in [2.45, 2.75) is 6.54 Å². The maximum atomic E-state index is 5.93. The van der Waals surface area contributed by atoms with Crippen LogP contribution in [0.15, 0.2) is 72.0 Å². The molecular weight excluding hydrogens is 429 g/mol. The number of methoxy groups -OCH3 is 1. The van der Waals surface area contributed by atoms with E-state index in [2.05, 4.69) is 15.4 Å². The highest BCUT2D eigenvalue weighted by Crippen LogP contribution is 2.16. The summed E-state index contributed by atoms with van der Waals surface area (Å²) in [4.78, 5) is 4.34. The molecule has 130 valence electrons. The molecule has 0 saturated carbocycles. The van der Waals surface area contributed by atoms with Crippen molar-refractivity contribution in [1.82, 2.24) is 9.78 Å². The molecule has 0 atom stereocenters. The van der Waals surface area contributed by atoms with Crippen molar-refractivity contribution >= 4 is 35.6 Å². The largest absolute Gasteiger partial charge is 0.497 e. The number of hydrogen-bond acceptors (Lipinski definition) is 3. The summed E-state index contributed by atoms with van der Waals surface area (Å²) in [5.41, 5.74) is 8.75. The van der Waals surface area contributed by atoms with Crippen molar-refractivity contribution in [2.24, 2.45) is 10.7 Å². The lowest BCUT2D eigenvalue weighted by molar-refractivity contribution is 0.415. The second-order valence-electron chi connectivity index (χ2n) is 5.19. The zero-order valence-electron chi connectivity index (χ0n) is 13.8. The number of hydrogen-bond donors (Lipinski definition) is 2. The van der Waals surface area contributed by atoms with Crippen LogP contribution >= 0.6 is 24.0 Å². The van der Waals surface area contributed by atoms with Crippen LogP contribution in [-0.2, 0) is 6.54 Å². The van der Waals surface area contributed by atoms with E-state index in [-0.39, 0.29) is 24.0 Å². The predicted molar refractivity (Wildman–Crippen MR) is 111 cm³/mol. The van der Waals surface area contributed by atoms with Gasteiger partial charge in [0.05, 0.1) is 25.5 Å². The van der Waals surface area contributed by atoms with E-state index in [1.165, 1.54) is 0 Å². The summed E-state index contributed by atoms with van der Waals surface area (Å²) in [7, 11) is 1.63. The second kappa shape index (κ2) is 9.07. The van der Waals surface area contributed by atoms with E-state index in [1.54, 1.807) is 13.3 Å². The first-order chi connectivity index (χ1) is 11.7. The predicted octanol–water partition coefficient (Wildman–Crippen LogP) is 3.43. The lowest BCUT2D eigenvalue weighted by atomic mass is 10.3. The van der Waals surface area contributed by atoms with Crippen LogP contribution in [-0.4, -0.2) is 22.8 Å². The van der Waals surface area contributed by atoms with Crippen LogP contribution in [0.3, 0.4) is 0 Å². The molecule has 2 aromatic carbocycles. The summed E-state index contributed by atoms with van der Waals surface area (Å²) in [6.45, 7) is 0.454. The Hall–Kier alpha value is -2.55.